The lowest BCUT2D eigenvalue weighted by molar-refractivity contribution is -0.156. The van der Waals surface area contributed by atoms with Crippen LogP contribution in [0.15, 0.2) is 41.3 Å². The third kappa shape index (κ3) is 4.78. The summed E-state index contributed by atoms with van der Waals surface area (Å²) in [5.41, 5.74) is -1.24. The number of carboxylic acid groups (broad SMARTS) is 1. The fourth-order valence-corrected chi connectivity index (χ4v) is 2.67. The molecule has 6 nitrogen and oxygen atoms in total. The Balaban J connectivity index is 2.75. The van der Waals surface area contributed by atoms with E-state index in [2.05, 4.69) is 0 Å². The maximum absolute atomic E-state index is 12.8. The van der Waals surface area contributed by atoms with Crippen molar-refractivity contribution in [2.75, 3.05) is 7.11 Å². The smallest absolute Gasteiger partial charge is 0.394 e. The number of halogens is 4. The highest BCUT2D eigenvalue weighted by Gasteiger charge is 2.35. The van der Waals surface area contributed by atoms with E-state index >= 15 is 0 Å². The Morgan fingerprint density at radius 1 is 1.34 bits per heavy atom. The minimum absolute atomic E-state index is 0.0322. The van der Waals surface area contributed by atoms with Crippen LogP contribution >= 0.6 is 11.6 Å². The lowest BCUT2D eigenvalue weighted by Gasteiger charge is -2.16. The van der Waals surface area contributed by atoms with Crippen molar-refractivity contribution in [1.82, 2.24) is 4.57 Å². The molecule has 0 fully saturated rings. The normalized spacial score (nSPS) is 12.9. The van der Waals surface area contributed by atoms with Crippen molar-refractivity contribution in [2.24, 2.45) is 5.92 Å². The van der Waals surface area contributed by atoms with Gasteiger partial charge in [-0.2, -0.15) is 18.4 Å². The number of pyridine rings is 1. The molecule has 29 heavy (non-hydrogen) atoms. The van der Waals surface area contributed by atoms with Gasteiger partial charge >= 0.3 is 12.1 Å². The lowest BCUT2D eigenvalue weighted by Crippen LogP contribution is -2.25. The monoisotopic (exact) mass is 426 g/mol. The molecule has 0 saturated heterocycles. The van der Waals surface area contributed by atoms with Gasteiger partial charge in [0.05, 0.1) is 30.9 Å². The third-order valence-corrected chi connectivity index (χ3v) is 4.27. The SMILES string of the molecule is COc1cn(C(=CC(C)C(F)(F)F)C(=O)O)c(=O)cc1-c1cc(Cl)ccc1C#N. The Morgan fingerprint density at radius 2 is 2.00 bits per heavy atom. The molecule has 1 atom stereocenters. The van der Waals surface area contributed by atoms with Crippen LogP contribution in [0.4, 0.5) is 13.2 Å². The van der Waals surface area contributed by atoms with Gasteiger partial charge in [0.1, 0.15) is 11.4 Å². The van der Waals surface area contributed by atoms with E-state index in [0.29, 0.717) is 10.6 Å². The van der Waals surface area contributed by atoms with Gasteiger partial charge in [-0.25, -0.2) is 4.79 Å². The molecule has 10 heteroatoms. The van der Waals surface area contributed by atoms with Crippen LogP contribution in [0.1, 0.15) is 12.5 Å². The number of hydrogen-bond donors (Lipinski definition) is 1. The molecule has 1 unspecified atom stereocenters. The molecule has 0 spiro atoms. The van der Waals surface area contributed by atoms with Gasteiger partial charge in [-0.1, -0.05) is 18.5 Å². The predicted octanol–water partition coefficient (Wildman–Crippen LogP) is 4.17. The van der Waals surface area contributed by atoms with Gasteiger partial charge in [-0.3, -0.25) is 9.36 Å². The van der Waals surface area contributed by atoms with E-state index in [0.717, 1.165) is 19.2 Å². The van der Waals surface area contributed by atoms with Gasteiger partial charge in [0.15, 0.2) is 0 Å². The molecule has 152 valence electrons. The number of hydrogen-bond acceptors (Lipinski definition) is 4. The molecule has 0 amide bonds. The first-order valence-corrected chi connectivity index (χ1v) is 8.40. The van der Waals surface area contributed by atoms with Crippen molar-refractivity contribution in [2.45, 2.75) is 13.1 Å². The maximum atomic E-state index is 12.8. The van der Waals surface area contributed by atoms with Crippen molar-refractivity contribution >= 4 is 23.3 Å². The number of benzene rings is 1. The number of carboxylic acids is 1. The van der Waals surface area contributed by atoms with Gasteiger partial charge in [-0.15, -0.1) is 0 Å². The summed E-state index contributed by atoms with van der Waals surface area (Å²) in [6, 6.07) is 7.23. The summed E-state index contributed by atoms with van der Waals surface area (Å²) >= 11 is 5.96. The molecular weight excluding hydrogens is 413 g/mol. The lowest BCUT2D eigenvalue weighted by atomic mass is 10.0. The number of ether oxygens (including phenoxy) is 1. The highest BCUT2D eigenvalue weighted by molar-refractivity contribution is 6.31. The summed E-state index contributed by atoms with van der Waals surface area (Å²) in [5, 5.41) is 18.9. The molecule has 0 radical (unpaired) electrons. The Bertz CT molecular complexity index is 1080. The van der Waals surface area contributed by atoms with Crippen LogP contribution in [0.25, 0.3) is 16.8 Å². The first-order valence-electron chi connectivity index (χ1n) is 8.02. The van der Waals surface area contributed by atoms with Gasteiger partial charge in [-0.05, 0) is 24.3 Å². The number of allylic oxidation sites excluding steroid dienone is 1. The molecule has 2 aromatic rings. The molecule has 0 aliphatic heterocycles. The molecule has 1 heterocycles. The van der Waals surface area contributed by atoms with Crippen molar-refractivity contribution in [3.8, 4) is 22.9 Å². The van der Waals surface area contributed by atoms with Crippen LogP contribution in [0.2, 0.25) is 5.02 Å². The van der Waals surface area contributed by atoms with E-state index in [1.54, 1.807) is 0 Å². The van der Waals surface area contributed by atoms with E-state index in [1.807, 2.05) is 6.07 Å². The van der Waals surface area contributed by atoms with Crippen molar-refractivity contribution in [3.05, 3.63) is 57.5 Å². The highest BCUT2D eigenvalue weighted by atomic mass is 35.5. The van der Waals surface area contributed by atoms with Crippen molar-refractivity contribution in [1.29, 1.82) is 5.26 Å². The van der Waals surface area contributed by atoms with Crippen LogP contribution < -0.4 is 10.3 Å². The molecule has 2 rings (SSSR count). The number of aromatic nitrogens is 1. The van der Waals surface area contributed by atoms with Gasteiger partial charge in [0, 0.05) is 22.2 Å². The zero-order valence-electron chi connectivity index (χ0n) is 15.1. The summed E-state index contributed by atoms with van der Waals surface area (Å²) in [6.45, 7) is 0.769. The van der Waals surface area contributed by atoms with Gasteiger partial charge in [0.2, 0.25) is 0 Å². The van der Waals surface area contributed by atoms with Gasteiger partial charge in [0.25, 0.3) is 5.56 Å². The maximum Gasteiger partial charge on any atom is 0.394 e. The highest BCUT2D eigenvalue weighted by Crippen LogP contribution is 2.34. The first kappa shape index (κ1) is 22.0. The first-order chi connectivity index (χ1) is 13.5. The summed E-state index contributed by atoms with van der Waals surface area (Å²) in [4.78, 5) is 24.1. The number of alkyl halides is 3. The zero-order chi connectivity index (χ0) is 21.9. The number of rotatable bonds is 5. The van der Waals surface area contributed by atoms with Crippen LogP contribution in [-0.4, -0.2) is 28.9 Å². The standard InChI is InChI=1S/C19H14ClF3N2O4/c1-10(19(21,22)23)5-15(18(27)28)25-9-16(29-2)14(7-17(25)26)13-6-12(20)4-3-11(13)8-24/h3-7,9-10H,1-2H3,(H,27,28). The van der Waals surface area contributed by atoms with Crippen LogP contribution in [0.3, 0.4) is 0 Å². The van der Waals surface area contributed by atoms with E-state index in [9.17, 15) is 33.1 Å². The summed E-state index contributed by atoms with van der Waals surface area (Å²) in [7, 11) is 1.23. The fourth-order valence-electron chi connectivity index (χ4n) is 2.50. The number of aliphatic carboxylic acids is 1. The minimum Gasteiger partial charge on any atom is -0.495 e. The van der Waals surface area contributed by atoms with E-state index in [-0.39, 0.29) is 27.5 Å². The summed E-state index contributed by atoms with van der Waals surface area (Å²) in [6.07, 6.45) is -3.29. The van der Waals surface area contributed by atoms with Crippen molar-refractivity contribution < 1.29 is 27.8 Å². The van der Waals surface area contributed by atoms with Crippen molar-refractivity contribution in [3.63, 3.8) is 0 Å². The molecule has 0 saturated carbocycles. The molecule has 1 aromatic heterocycles. The molecule has 0 aliphatic carbocycles. The largest absolute Gasteiger partial charge is 0.495 e. The molecule has 1 aromatic carbocycles. The number of carbonyl (C=O) groups is 1. The van der Waals surface area contributed by atoms with E-state index in [4.69, 9.17) is 16.3 Å². The second-order valence-electron chi connectivity index (χ2n) is 5.95. The van der Waals surface area contributed by atoms with Crippen LogP contribution in [0, 0.1) is 17.2 Å². The van der Waals surface area contributed by atoms with E-state index < -0.39 is 29.3 Å². The van der Waals surface area contributed by atoms with E-state index in [1.165, 1.54) is 25.3 Å². The fraction of sp³-hybridized carbons (Fsp3) is 0.211. The second kappa shape index (κ2) is 8.41. The molecule has 0 bridgehead atoms. The number of nitriles is 1. The zero-order valence-corrected chi connectivity index (χ0v) is 15.9. The quantitative estimate of drug-likeness (QED) is 0.724. The average molecular weight is 427 g/mol. The topological polar surface area (TPSA) is 92.3 Å². The summed E-state index contributed by atoms with van der Waals surface area (Å²) in [5.74, 6) is -3.86. The van der Waals surface area contributed by atoms with Crippen LogP contribution in [-0.2, 0) is 4.79 Å². The third-order valence-electron chi connectivity index (χ3n) is 4.03. The Morgan fingerprint density at radius 3 is 2.52 bits per heavy atom. The summed E-state index contributed by atoms with van der Waals surface area (Å²) < 4.78 is 44.3. The van der Waals surface area contributed by atoms with Gasteiger partial charge < -0.3 is 9.84 Å². The Hall–Kier alpha value is -3.25. The second-order valence-corrected chi connectivity index (χ2v) is 6.39. The molecular formula is C19H14ClF3N2O4. The predicted molar refractivity (Wildman–Crippen MR) is 99.5 cm³/mol. The van der Waals surface area contributed by atoms with Crippen LogP contribution in [0.5, 0.6) is 5.75 Å². The molecule has 0 aliphatic rings. The molecule has 1 N–H and O–H groups in total. The number of nitrogens with zero attached hydrogens (tertiary/aromatic N) is 2. The Labute approximate surface area is 168 Å². The number of methoxy groups -OCH3 is 1. The Kier molecular flexibility index (Phi) is 6.39. The minimum atomic E-state index is -4.68. The average Bonchev–Trinajstić information content (AvgIpc) is 2.64.